The topological polar surface area (TPSA) is 85.4 Å². The summed E-state index contributed by atoms with van der Waals surface area (Å²) >= 11 is 1.16. The van der Waals surface area contributed by atoms with E-state index in [0.717, 1.165) is 11.8 Å². The second-order valence-electron chi connectivity index (χ2n) is 2.81. The first-order valence-corrected chi connectivity index (χ1v) is 5.11. The third kappa shape index (κ3) is 3.41. The van der Waals surface area contributed by atoms with Gasteiger partial charge in [0.25, 0.3) is 0 Å². The molecule has 0 spiro atoms. The number of methoxy groups -OCH3 is 1. The van der Waals surface area contributed by atoms with E-state index in [4.69, 9.17) is 15.6 Å². The molecule has 15 heavy (non-hydrogen) atoms. The molecule has 0 aromatic carbocycles. The van der Waals surface area contributed by atoms with Crippen LogP contribution in [0.2, 0.25) is 0 Å². The van der Waals surface area contributed by atoms with Crippen LogP contribution in [0, 0.1) is 0 Å². The minimum absolute atomic E-state index is 0.141. The van der Waals surface area contributed by atoms with Gasteiger partial charge in [-0.25, -0.2) is 0 Å². The average molecular weight is 228 g/mol. The fourth-order valence-electron chi connectivity index (χ4n) is 0.962. The van der Waals surface area contributed by atoms with Crippen molar-refractivity contribution in [2.24, 2.45) is 0 Å². The van der Waals surface area contributed by atoms with Crippen molar-refractivity contribution in [1.82, 2.24) is 4.98 Å². The number of anilines is 1. The van der Waals surface area contributed by atoms with Crippen LogP contribution in [0.3, 0.4) is 0 Å². The monoisotopic (exact) mass is 228 g/mol. The van der Waals surface area contributed by atoms with Gasteiger partial charge in [0.05, 0.1) is 18.5 Å². The van der Waals surface area contributed by atoms with Gasteiger partial charge < -0.3 is 15.6 Å². The fourth-order valence-corrected chi connectivity index (χ4v) is 1.90. The number of rotatable bonds is 5. The third-order valence-corrected chi connectivity index (χ3v) is 2.92. The second-order valence-corrected chi connectivity index (χ2v) is 4.06. The lowest BCUT2D eigenvalue weighted by atomic mass is 10.4. The maximum atomic E-state index is 10.8. The van der Waals surface area contributed by atoms with Gasteiger partial charge in [-0.05, 0) is 6.07 Å². The molecular weight excluding hydrogens is 216 g/mol. The molecule has 0 saturated carbocycles. The van der Waals surface area contributed by atoms with E-state index in [1.165, 1.54) is 13.3 Å². The molecule has 1 atom stereocenters. The first-order chi connectivity index (χ1) is 7.15. The Kier molecular flexibility index (Phi) is 4.38. The number of hydrogen-bond donors (Lipinski definition) is 2. The van der Waals surface area contributed by atoms with Crippen LogP contribution in [0.1, 0.15) is 0 Å². The lowest BCUT2D eigenvalue weighted by Gasteiger charge is -2.11. The van der Waals surface area contributed by atoms with Gasteiger partial charge in [0.15, 0.2) is 0 Å². The molecule has 0 aliphatic rings. The van der Waals surface area contributed by atoms with Gasteiger partial charge in [0.1, 0.15) is 5.25 Å². The normalized spacial score (nSPS) is 12.3. The lowest BCUT2D eigenvalue weighted by molar-refractivity contribution is -0.137. The molecule has 3 N–H and O–H groups in total. The molecule has 6 heteroatoms. The minimum atomic E-state index is -0.918. The maximum absolute atomic E-state index is 10.8. The number of nitrogens with zero attached hydrogens (tertiary/aromatic N) is 1. The fraction of sp³-hybridized carbons (Fsp3) is 0.333. The molecule has 5 nitrogen and oxygen atoms in total. The van der Waals surface area contributed by atoms with Crippen LogP contribution in [0.15, 0.2) is 23.4 Å². The number of thioether (sulfide) groups is 1. The van der Waals surface area contributed by atoms with Crippen molar-refractivity contribution in [1.29, 1.82) is 0 Å². The summed E-state index contributed by atoms with van der Waals surface area (Å²) in [7, 11) is 1.46. The number of carbonyl (C=O) groups is 1. The molecule has 1 unspecified atom stereocenters. The highest BCUT2D eigenvalue weighted by Gasteiger charge is 2.19. The molecule has 0 radical (unpaired) electrons. The Bertz CT molecular complexity index is 346. The highest BCUT2D eigenvalue weighted by molar-refractivity contribution is 8.00. The molecule has 0 bridgehead atoms. The van der Waals surface area contributed by atoms with Gasteiger partial charge in [0.2, 0.25) is 0 Å². The molecule has 0 aliphatic carbocycles. The molecule has 1 rings (SSSR count). The van der Waals surface area contributed by atoms with Crippen molar-refractivity contribution in [3.63, 3.8) is 0 Å². The van der Waals surface area contributed by atoms with Crippen LogP contribution in [0.4, 0.5) is 5.69 Å². The van der Waals surface area contributed by atoms with Crippen molar-refractivity contribution in [3.8, 4) is 0 Å². The highest BCUT2D eigenvalue weighted by atomic mass is 32.2. The molecule has 82 valence electrons. The molecule has 0 amide bonds. The minimum Gasteiger partial charge on any atom is -0.480 e. The summed E-state index contributed by atoms with van der Waals surface area (Å²) in [4.78, 5) is 15.4. The van der Waals surface area contributed by atoms with Gasteiger partial charge in [-0.1, -0.05) is 0 Å². The van der Waals surface area contributed by atoms with E-state index in [9.17, 15) is 4.79 Å². The van der Waals surface area contributed by atoms with Crippen LogP contribution in [-0.4, -0.2) is 35.0 Å². The third-order valence-electron chi connectivity index (χ3n) is 1.67. The van der Waals surface area contributed by atoms with Crippen LogP contribution in [0.25, 0.3) is 0 Å². The molecule has 0 aliphatic heterocycles. The van der Waals surface area contributed by atoms with Gasteiger partial charge in [0, 0.05) is 18.2 Å². The molecule has 1 aromatic rings. The molecule has 0 saturated heterocycles. The molecule has 1 heterocycles. The zero-order chi connectivity index (χ0) is 11.3. The quantitative estimate of drug-likeness (QED) is 0.727. The van der Waals surface area contributed by atoms with E-state index in [-0.39, 0.29) is 6.61 Å². The molecular formula is C9H12N2O3S. The van der Waals surface area contributed by atoms with Gasteiger partial charge >= 0.3 is 5.97 Å². The Balaban J connectivity index is 2.74. The van der Waals surface area contributed by atoms with E-state index >= 15 is 0 Å². The summed E-state index contributed by atoms with van der Waals surface area (Å²) in [5.74, 6) is -0.918. The predicted molar refractivity (Wildman–Crippen MR) is 57.8 cm³/mol. The maximum Gasteiger partial charge on any atom is 0.319 e. The standard InChI is InChI=1S/C9H12N2O3S/c1-14-5-8(9(12)13)15-7-2-3-11-4-6(7)10/h2-4,8H,5,10H2,1H3,(H,12,13). The van der Waals surface area contributed by atoms with Crippen molar-refractivity contribution >= 4 is 23.4 Å². The van der Waals surface area contributed by atoms with Crippen molar-refractivity contribution in [2.45, 2.75) is 10.1 Å². The summed E-state index contributed by atoms with van der Waals surface area (Å²) in [6.45, 7) is 0.141. The Morgan fingerprint density at radius 1 is 1.80 bits per heavy atom. The Hall–Kier alpha value is -1.27. The largest absolute Gasteiger partial charge is 0.480 e. The van der Waals surface area contributed by atoms with Crippen LogP contribution in [0.5, 0.6) is 0 Å². The first-order valence-electron chi connectivity index (χ1n) is 4.23. The predicted octanol–water partition coefficient (Wildman–Crippen LogP) is 0.856. The lowest BCUT2D eigenvalue weighted by Crippen LogP contribution is -2.21. The van der Waals surface area contributed by atoms with Gasteiger partial charge in [-0.15, -0.1) is 11.8 Å². The number of nitrogen functional groups attached to an aromatic ring is 1. The summed E-state index contributed by atoms with van der Waals surface area (Å²) < 4.78 is 4.82. The van der Waals surface area contributed by atoms with E-state index in [1.54, 1.807) is 12.3 Å². The molecule has 0 fully saturated rings. The number of nitrogens with two attached hydrogens (primary N) is 1. The van der Waals surface area contributed by atoms with Crippen molar-refractivity contribution < 1.29 is 14.6 Å². The SMILES string of the molecule is COCC(Sc1ccncc1N)C(=O)O. The zero-order valence-electron chi connectivity index (χ0n) is 8.21. The Labute approximate surface area is 91.6 Å². The Morgan fingerprint density at radius 2 is 2.53 bits per heavy atom. The summed E-state index contributed by atoms with van der Waals surface area (Å²) in [5, 5.41) is 8.25. The van der Waals surface area contributed by atoms with E-state index in [2.05, 4.69) is 4.98 Å². The Morgan fingerprint density at radius 3 is 3.07 bits per heavy atom. The van der Waals surface area contributed by atoms with Gasteiger partial charge in [-0.2, -0.15) is 0 Å². The number of pyridine rings is 1. The van der Waals surface area contributed by atoms with E-state index < -0.39 is 11.2 Å². The number of aromatic nitrogens is 1. The highest BCUT2D eigenvalue weighted by Crippen LogP contribution is 2.28. The summed E-state index contributed by atoms with van der Waals surface area (Å²) in [6, 6.07) is 1.69. The van der Waals surface area contributed by atoms with Crippen molar-refractivity contribution in [3.05, 3.63) is 18.5 Å². The number of carboxylic acid groups (broad SMARTS) is 1. The van der Waals surface area contributed by atoms with Crippen LogP contribution < -0.4 is 5.73 Å². The smallest absolute Gasteiger partial charge is 0.319 e. The number of ether oxygens (including phenoxy) is 1. The zero-order valence-corrected chi connectivity index (χ0v) is 9.03. The molecule has 1 aromatic heterocycles. The first kappa shape index (κ1) is 11.8. The number of aliphatic carboxylic acids is 1. The average Bonchev–Trinajstić information content (AvgIpc) is 2.20. The van der Waals surface area contributed by atoms with Crippen LogP contribution >= 0.6 is 11.8 Å². The summed E-state index contributed by atoms with van der Waals surface area (Å²) in [6.07, 6.45) is 3.07. The van der Waals surface area contributed by atoms with E-state index in [1.807, 2.05) is 0 Å². The second kappa shape index (κ2) is 5.57. The van der Waals surface area contributed by atoms with Gasteiger partial charge in [-0.3, -0.25) is 9.78 Å². The number of hydrogen-bond acceptors (Lipinski definition) is 5. The number of carboxylic acids is 1. The van der Waals surface area contributed by atoms with Crippen LogP contribution in [-0.2, 0) is 9.53 Å². The summed E-state index contributed by atoms with van der Waals surface area (Å²) in [5.41, 5.74) is 6.12. The van der Waals surface area contributed by atoms with E-state index in [0.29, 0.717) is 10.6 Å². The van der Waals surface area contributed by atoms with Crippen molar-refractivity contribution in [2.75, 3.05) is 19.5 Å².